The summed E-state index contributed by atoms with van der Waals surface area (Å²) in [6.07, 6.45) is 5.17. The molecule has 0 unspecified atom stereocenters. The van der Waals surface area contributed by atoms with Crippen molar-refractivity contribution in [2.24, 2.45) is 0 Å². The van der Waals surface area contributed by atoms with Crippen LogP contribution in [0.4, 0.5) is 0 Å². The van der Waals surface area contributed by atoms with Crippen molar-refractivity contribution in [1.82, 2.24) is 4.57 Å². The summed E-state index contributed by atoms with van der Waals surface area (Å²) in [5.41, 5.74) is 1.02. The standard InChI is InChI=1S/C8H9N.C2H3.U.3V/c1-7(2)9-5-4-8(3)6-9;1-2;;;;/h4-5,7H,1-2H3;1H3;;;;/q-2;-1;;;;. The Bertz CT molecular complexity index is 271. The van der Waals surface area contributed by atoms with E-state index in [1.165, 1.54) is 0 Å². The molecule has 0 bridgehead atoms. The van der Waals surface area contributed by atoms with Crippen LogP contribution in [0.2, 0.25) is 0 Å². The molecule has 0 aliphatic heterocycles. The molecule has 0 amide bonds. The third kappa shape index (κ3) is 10.7. The third-order valence-corrected chi connectivity index (χ3v) is 1.70. The van der Waals surface area contributed by atoms with E-state index in [1.807, 2.05) is 23.8 Å². The first kappa shape index (κ1) is 22.0. The fraction of sp³-hybridized carbons (Fsp3) is 0.400. The summed E-state index contributed by atoms with van der Waals surface area (Å²) in [4.78, 5) is 0. The van der Waals surface area contributed by atoms with Gasteiger partial charge >= 0.3 is 98.8 Å². The second-order valence-corrected chi connectivity index (χ2v) is 3.73. The molecule has 1 rings (SSSR count). The van der Waals surface area contributed by atoms with Crippen molar-refractivity contribution in [3.63, 3.8) is 0 Å². The smallest absolute Gasteiger partial charge is 0 e. The van der Waals surface area contributed by atoms with Gasteiger partial charge in [0.25, 0.3) is 0 Å². The molecule has 0 aromatic carbocycles. The number of aromatic nitrogens is 1. The van der Waals surface area contributed by atoms with Crippen molar-refractivity contribution in [2.75, 3.05) is 0 Å². The van der Waals surface area contributed by atoms with Crippen LogP contribution < -0.4 is 0 Å². The van der Waals surface area contributed by atoms with Gasteiger partial charge in [0.2, 0.25) is 0 Å². The quantitative estimate of drug-likeness (QED) is 0.507. The summed E-state index contributed by atoms with van der Waals surface area (Å²) in [5, 5.41) is 0. The summed E-state index contributed by atoms with van der Waals surface area (Å²) >= 11 is 4.52. The zero-order valence-corrected chi connectivity index (χ0v) is 17.4. The van der Waals surface area contributed by atoms with E-state index in [0.717, 1.165) is 5.56 Å². The minimum absolute atomic E-state index is 0. The number of hydrogen-bond acceptors (Lipinski definition) is 0. The molecule has 0 fully saturated rings. The molecule has 0 aliphatic rings. The molecule has 0 saturated heterocycles. The summed E-state index contributed by atoms with van der Waals surface area (Å²) in [7, 11) is 0. The van der Waals surface area contributed by atoms with Gasteiger partial charge in [-0.15, -0.1) is 0 Å². The van der Waals surface area contributed by atoms with Gasteiger partial charge in [-0.05, 0) is 0 Å². The van der Waals surface area contributed by atoms with Gasteiger partial charge in [-0.1, -0.05) is 0 Å². The molecule has 0 atom stereocenters. The van der Waals surface area contributed by atoms with Crippen molar-refractivity contribution in [1.29, 1.82) is 0 Å². The zero-order chi connectivity index (χ0) is 10.3. The van der Waals surface area contributed by atoms with Gasteiger partial charge in [-0.25, -0.2) is 0 Å². The predicted octanol–water partition coefficient (Wildman–Crippen LogP) is 1.67. The van der Waals surface area contributed by atoms with Crippen LogP contribution in [0.25, 0.3) is 0 Å². The molecular formula is C10H12NUV3-3. The van der Waals surface area contributed by atoms with Crippen LogP contribution in [0.3, 0.4) is 0 Å². The van der Waals surface area contributed by atoms with Crippen LogP contribution >= 0.6 is 0 Å². The Morgan fingerprint density at radius 3 is 2.07 bits per heavy atom. The van der Waals surface area contributed by atoms with Gasteiger partial charge in [0.05, 0.1) is 0 Å². The summed E-state index contributed by atoms with van der Waals surface area (Å²) < 4.78 is 7.69. The Kier molecular flexibility index (Phi) is 20.4. The number of hydrogen-bond donors (Lipinski definition) is 0. The average Bonchev–Trinajstić information content (AvgIpc) is 2.53. The molecule has 0 saturated carbocycles. The third-order valence-electron chi connectivity index (χ3n) is 1.33. The Morgan fingerprint density at radius 1 is 1.40 bits per heavy atom. The minimum Gasteiger partial charge on any atom is 0 e. The molecule has 1 aromatic rings. The Hall–Kier alpha value is 1.83. The largest absolute Gasteiger partial charge is 0 e. The van der Waals surface area contributed by atoms with Crippen LogP contribution in [-0.4, -0.2) is 14.0 Å². The average molecular weight is 537 g/mol. The van der Waals surface area contributed by atoms with Crippen molar-refractivity contribution < 1.29 is 83.6 Å². The molecule has 1 nitrogen and oxygen atoms in total. The first-order valence-electron chi connectivity index (χ1n) is 3.96. The maximum atomic E-state index is 3.15. The normalized spacial score (nSPS) is 7.60. The van der Waals surface area contributed by atoms with Crippen molar-refractivity contribution >= 4 is 9.46 Å². The molecule has 15 heavy (non-hydrogen) atoms. The summed E-state index contributed by atoms with van der Waals surface area (Å²) in [6.45, 7) is 6.11. The van der Waals surface area contributed by atoms with Gasteiger partial charge in [-0.2, -0.15) is 0 Å². The Balaban J connectivity index is -0.000000260. The fourth-order valence-corrected chi connectivity index (χ4v) is 0.926. The van der Waals surface area contributed by atoms with Gasteiger partial charge in [0.1, 0.15) is 0 Å². The van der Waals surface area contributed by atoms with E-state index in [-0.39, 0.29) is 49.7 Å². The second-order valence-electron chi connectivity index (χ2n) is 2.68. The van der Waals surface area contributed by atoms with Crippen molar-refractivity contribution in [3.8, 4) is 0 Å². The van der Waals surface area contributed by atoms with Crippen LogP contribution in [-0.2, 0) is 52.5 Å². The fourth-order valence-electron chi connectivity index (χ4n) is 0.732. The Morgan fingerprint density at radius 2 is 1.87 bits per heavy atom. The first-order chi connectivity index (χ1) is 6.15. The van der Waals surface area contributed by atoms with E-state index < -0.39 is 0 Å². The topological polar surface area (TPSA) is 4.93 Å². The molecule has 0 N–H and O–H groups in total. The molecular weight excluding hydrogens is 525 g/mol. The van der Waals surface area contributed by atoms with Gasteiger partial charge in [-0.3, -0.25) is 0 Å². The van der Waals surface area contributed by atoms with E-state index in [2.05, 4.69) is 63.5 Å². The first-order valence-corrected chi connectivity index (χ1v) is 5.36. The zero-order valence-electron chi connectivity index (χ0n) is 9.02. The molecule has 1 aromatic heterocycles. The van der Waals surface area contributed by atoms with E-state index in [0.29, 0.717) is 6.04 Å². The monoisotopic (exact) mass is 537 g/mol. The van der Waals surface area contributed by atoms with E-state index >= 15 is 0 Å². The van der Waals surface area contributed by atoms with Crippen LogP contribution in [0.15, 0.2) is 12.3 Å². The van der Waals surface area contributed by atoms with E-state index in [1.54, 1.807) is 0 Å². The maximum absolute atomic E-state index is 3.15. The molecule has 1 heterocycles. The summed E-state index contributed by atoms with van der Waals surface area (Å²) in [5.74, 6) is 0. The van der Waals surface area contributed by atoms with Crippen LogP contribution in [0, 0.1) is 37.3 Å². The van der Waals surface area contributed by atoms with Crippen molar-refractivity contribution in [3.05, 3.63) is 24.0 Å². The molecule has 5 heteroatoms. The van der Waals surface area contributed by atoms with Crippen LogP contribution in [0.1, 0.15) is 32.4 Å². The number of rotatable bonds is 2. The SMILES string of the molecule is CC(C)n1[c-]c([C-]=[V])cc1.C[C-]=[V].[U].[V]. The van der Waals surface area contributed by atoms with E-state index in [4.69, 9.17) is 0 Å². The summed E-state index contributed by atoms with van der Waals surface area (Å²) in [6, 6.07) is 2.49. The van der Waals surface area contributed by atoms with Gasteiger partial charge < -0.3 is 0 Å². The maximum Gasteiger partial charge on any atom is 0 e. The van der Waals surface area contributed by atoms with E-state index in [9.17, 15) is 0 Å². The second kappa shape index (κ2) is 13.9. The number of nitrogens with zero attached hydrogens (tertiary/aromatic N) is 1. The van der Waals surface area contributed by atoms with Crippen molar-refractivity contribution in [2.45, 2.75) is 26.8 Å². The molecule has 0 aliphatic carbocycles. The van der Waals surface area contributed by atoms with Crippen LogP contribution in [0.5, 0.6) is 0 Å². The van der Waals surface area contributed by atoms with Gasteiger partial charge in [0.15, 0.2) is 0 Å². The molecule has 1 radical (unpaired) electrons. The molecule has 0 spiro atoms. The van der Waals surface area contributed by atoms with Gasteiger partial charge in [0, 0.05) is 49.7 Å². The minimum atomic E-state index is 0. The molecule has 79 valence electrons. The predicted molar refractivity (Wildman–Crippen MR) is 48.4 cm³/mol. The Labute approximate surface area is 146 Å².